The first-order valence-electron chi connectivity index (χ1n) is 2.36. The Morgan fingerprint density at radius 1 is 1.38 bits per heavy atom. The quantitative estimate of drug-likeness (QED) is 0.527. The number of hydrogen-bond donors (Lipinski definition) is 0. The minimum atomic E-state index is 1.16. The molecule has 0 bridgehead atoms. The Bertz CT molecular complexity index is 168. The second-order valence-corrected chi connectivity index (χ2v) is 3.36. The maximum absolute atomic E-state index is 3.37. The van der Waals surface area contributed by atoms with Crippen LogP contribution in [0, 0.1) is 0 Å². The van der Waals surface area contributed by atoms with Gasteiger partial charge in [-0.15, -0.1) is 0 Å². The fraction of sp³-hybridized carbons (Fsp3) is 0. The summed E-state index contributed by atoms with van der Waals surface area (Å²) in [5, 5.41) is 0. The monoisotopic (exact) mass is 179 g/mol. The van der Waals surface area contributed by atoms with Crippen LogP contribution in [0.4, 0.5) is 0 Å². The molecule has 2 heteroatoms. The predicted octanol–water partition coefficient (Wildman–Crippen LogP) is 1.24. The third-order valence-corrected chi connectivity index (χ3v) is 1.82. The van der Waals surface area contributed by atoms with E-state index in [-0.39, 0.29) is 0 Å². The molecule has 1 aromatic carbocycles. The SMILES string of the molecule is [Mg+][c]1cccc(Br)c1. The molecule has 0 spiro atoms. The summed E-state index contributed by atoms with van der Waals surface area (Å²) >= 11 is 5.25. The summed E-state index contributed by atoms with van der Waals surface area (Å²) in [5.74, 6) is 0. The first kappa shape index (κ1) is 6.58. The molecule has 0 radical (unpaired) electrons. The van der Waals surface area contributed by atoms with Crippen molar-refractivity contribution < 1.29 is 0 Å². The molecule has 0 heterocycles. The van der Waals surface area contributed by atoms with Crippen LogP contribution < -0.4 is 3.69 Å². The van der Waals surface area contributed by atoms with Crippen LogP contribution >= 0.6 is 15.9 Å². The second-order valence-electron chi connectivity index (χ2n) is 1.63. The van der Waals surface area contributed by atoms with Gasteiger partial charge in [0, 0.05) is 0 Å². The summed E-state index contributed by atoms with van der Waals surface area (Å²) < 4.78 is 2.48. The molecule has 0 atom stereocenters. The Labute approximate surface area is 69.9 Å². The Hall–Kier alpha value is 0.466. The van der Waals surface area contributed by atoms with Crippen molar-refractivity contribution in [2.45, 2.75) is 0 Å². The summed E-state index contributed by atoms with van der Waals surface area (Å²) in [6, 6.07) is 8.24. The van der Waals surface area contributed by atoms with Crippen LogP contribution in [0.2, 0.25) is 0 Å². The molecule has 0 aliphatic rings. The summed E-state index contributed by atoms with van der Waals surface area (Å²) in [6.07, 6.45) is 0. The molecule has 0 fully saturated rings. The average molecular weight is 180 g/mol. The van der Waals surface area contributed by atoms with Gasteiger partial charge in [-0.1, -0.05) is 0 Å². The molecule has 8 heavy (non-hydrogen) atoms. The minimum absolute atomic E-state index is 1.16. The molecule has 36 valence electrons. The van der Waals surface area contributed by atoms with E-state index in [0.29, 0.717) is 0 Å². The molecule has 0 amide bonds. The Kier molecular flexibility index (Phi) is 2.35. The zero-order valence-electron chi connectivity index (χ0n) is 4.39. The fourth-order valence-electron chi connectivity index (χ4n) is 0.537. The van der Waals surface area contributed by atoms with Gasteiger partial charge in [-0.3, -0.25) is 0 Å². The maximum atomic E-state index is 3.37. The van der Waals surface area contributed by atoms with E-state index in [4.69, 9.17) is 0 Å². The molecule has 0 aromatic heterocycles. The van der Waals surface area contributed by atoms with Gasteiger partial charge in [0.15, 0.2) is 0 Å². The molecule has 0 N–H and O–H groups in total. The second kappa shape index (κ2) is 2.85. The van der Waals surface area contributed by atoms with Crippen molar-refractivity contribution >= 4 is 41.3 Å². The van der Waals surface area contributed by atoms with E-state index < -0.39 is 0 Å². The first-order chi connectivity index (χ1) is 3.79. The van der Waals surface area contributed by atoms with Gasteiger partial charge < -0.3 is 0 Å². The van der Waals surface area contributed by atoms with Gasteiger partial charge in [-0.25, -0.2) is 0 Å². The van der Waals surface area contributed by atoms with Crippen molar-refractivity contribution in [3.05, 3.63) is 28.7 Å². The van der Waals surface area contributed by atoms with Crippen LogP contribution in [0.1, 0.15) is 0 Å². The molecule has 0 aliphatic heterocycles. The molecule has 0 saturated heterocycles. The molecular formula is C6H4BrMg+. The third kappa shape index (κ3) is 1.76. The molecule has 1 rings (SSSR count). The van der Waals surface area contributed by atoms with Crippen molar-refractivity contribution in [3.8, 4) is 0 Å². The Morgan fingerprint density at radius 2 is 2.12 bits per heavy atom. The number of benzene rings is 1. The van der Waals surface area contributed by atoms with Crippen molar-refractivity contribution in [3.63, 3.8) is 0 Å². The number of halogens is 1. The van der Waals surface area contributed by atoms with Gasteiger partial charge >= 0.3 is 70.1 Å². The predicted molar refractivity (Wildman–Crippen MR) is 39.5 cm³/mol. The first-order valence-corrected chi connectivity index (χ1v) is 3.86. The van der Waals surface area contributed by atoms with Crippen molar-refractivity contribution in [2.24, 2.45) is 0 Å². The molecule has 0 unspecified atom stereocenters. The normalized spacial score (nSPS) is 9.38. The van der Waals surface area contributed by atoms with Crippen molar-refractivity contribution in [2.75, 3.05) is 0 Å². The molecule has 0 saturated carbocycles. The fourth-order valence-corrected chi connectivity index (χ4v) is 1.64. The van der Waals surface area contributed by atoms with Gasteiger partial charge in [0.05, 0.1) is 0 Å². The molecule has 1 aromatic rings. The van der Waals surface area contributed by atoms with E-state index in [9.17, 15) is 0 Å². The average Bonchev–Trinajstić information content (AvgIpc) is 1.64. The van der Waals surface area contributed by atoms with Crippen molar-refractivity contribution in [1.82, 2.24) is 0 Å². The zero-order valence-corrected chi connectivity index (χ0v) is 7.39. The topological polar surface area (TPSA) is 0 Å². The van der Waals surface area contributed by atoms with Crippen LogP contribution in [0.5, 0.6) is 0 Å². The van der Waals surface area contributed by atoms with E-state index in [2.05, 4.69) is 28.1 Å². The Balaban J connectivity index is 3.08. The zero-order chi connectivity index (χ0) is 5.98. The Morgan fingerprint density at radius 3 is 2.50 bits per heavy atom. The molecular weight excluding hydrogens is 176 g/mol. The van der Waals surface area contributed by atoms with Gasteiger partial charge in [0.25, 0.3) is 0 Å². The van der Waals surface area contributed by atoms with Gasteiger partial charge in [0.2, 0.25) is 0 Å². The van der Waals surface area contributed by atoms with E-state index in [1.165, 1.54) is 3.69 Å². The van der Waals surface area contributed by atoms with E-state index in [1.54, 1.807) is 0 Å². The van der Waals surface area contributed by atoms with Gasteiger partial charge in [0.1, 0.15) is 0 Å². The van der Waals surface area contributed by atoms with Crippen LogP contribution in [0.25, 0.3) is 0 Å². The number of rotatable bonds is 0. The van der Waals surface area contributed by atoms with Gasteiger partial charge in [-0.2, -0.15) is 0 Å². The van der Waals surface area contributed by atoms with E-state index in [0.717, 1.165) is 4.47 Å². The van der Waals surface area contributed by atoms with Gasteiger partial charge in [-0.05, 0) is 0 Å². The standard InChI is InChI=1S/C6H4Br.Mg/c7-6-4-2-1-3-5-6;/h1-2,4-5H;/q;+1. The van der Waals surface area contributed by atoms with Crippen LogP contribution in [-0.4, -0.2) is 21.7 Å². The molecule has 0 nitrogen and oxygen atoms in total. The van der Waals surface area contributed by atoms with E-state index in [1.807, 2.05) is 33.8 Å². The van der Waals surface area contributed by atoms with Crippen LogP contribution in [0.15, 0.2) is 28.7 Å². The number of hydrogen-bond acceptors (Lipinski definition) is 0. The summed E-state index contributed by atoms with van der Waals surface area (Å²) in [4.78, 5) is 0. The van der Waals surface area contributed by atoms with Crippen molar-refractivity contribution in [1.29, 1.82) is 0 Å². The summed E-state index contributed by atoms with van der Waals surface area (Å²) in [6.45, 7) is 0. The summed E-state index contributed by atoms with van der Waals surface area (Å²) in [5.41, 5.74) is 0. The van der Waals surface area contributed by atoms with E-state index >= 15 is 0 Å². The summed E-state index contributed by atoms with van der Waals surface area (Å²) in [7, 11) is 0. The van der Waals surface area contributed by atoms with Crippen LogP contribution in [-0.2, 0) is 0 Å². The third-order valence-electron chi connectivity index (χ3n) is 0.889. The van der Waals surface area contributed by atoms with Crippen LogP contribution in [0.3, 0.4) is 0 Å². The molecule has 0 aliphatic carbocycles.